The maximum atomic E-state index is 13.3. The van der Waals surface area contributed by atoms with Gasteiger partial charge in [-0.05, 0) is 41.3 Å². The summed E-state index contributed by atoms with van der Waals surface area (Å²) in [4.78, 5) is 19.6. The van der Waals surface area contributed by atoms with Crippen molar-refractivity contribution in [3.05, 3.63) is 70.9 Å². The van der Waals surface area contributed by atoms with E-state index >= 15 is 0 Å². The summed E-state index contributed by atoms with van der Waals surface area (Å²) in [7, 11) is 0. The number of nitrogens with one attached hydrogen (secondary N) is 2. The van der Waals surface area contributed by atoms with Crippen LogP contribution in [-0.2, 0) is 6.18 Å². The van der Waals surface area contributed by atoms with E-state index in [1.54, 1.807) is 17.3 Å². The molecule has 0 unspecified atom stereocenters. The molecule has 5 rings (SSSR count). The monoisotopic (exact) mass is 448 g/mol. The number of amides is 2. The van der Waals surface area contributed by atoms with Gasteiger partial charge in [0.05, 0.1) is 17.4 Å². The molecule has 0 saturated carbocycles. The first-order valence-corrected chi connectivity index (χ1v) is 10.1. The first-order chi connectivity index (χ1) is 14.8. The lowest BCUT2D eigenvalue weighted by molar-refractivity contribution is -0.134. The number of hydrogen-bond acceptors (Lipinski definition) is 3. The van der Waals surface area contributed by atoms with Crippen molar-refractivity contribution in [3.8, 4) is 11.1 Å². The average Bonchev–Trinajstić information content (AvgIpc) is 3.48. The van der Waals surface area contributed by atoms with Gasteiger partial charge in [0.15, 0.2) is 0 Å². The fourth-order valence-electron chi connectivity index (χ4n) is 3.13. The van der Waals surface area contributed by atoms with E-state index in [-0.39, 0.29) is 17.2 Å². The highest BCUT2D eigenvalue weighted by molar-refractivity contribution is 7.10. The number of carbonyl (C=O) groups is 1. The Morgan fingerprint density at radius 3 is 2.58 bits per heavy atom. The van der Waals surface area contributed by atoms with Crippen molar-refractivity contribution >= 4 is 34.1 Å². The molecule has 0 radical (unpaired) electrons. The first kappa shape index (κ1) is 20.9. The number of fused-ring (bicyclic) bond motifs is 1. The summed E-state index contributed by atoms with van der Waals surface area (Å²) in [6.45, 7) is 1.43. The fraction of sp³-hybridized carbons (Fsp3) is 0.143. The van der Waals surface area contributed by atoms with Gasteiger partial charge in [0.2, 0.25) is 0 Å². The topological polar surface area (TPSA) is 61.0 Å². The van der Waals surface area contributed by atoms with Gasteiger partial charge >= 0.3 is 12.2 Å². The molecule has 1 aliphatic rings. The van der Waals surface area contributed by atoms with E-state index in [2.05, 4.69) is 15.3 Å². The van der Waals surface area contributed by atoms with Gasteiger partial charge in [-0.1, -0.05) is 18.2 Å². The molecule has 0 bridgehead atoms. The lowest BCUT2D eigenvalue weighted by Crippen LogP contribution is -2.27. The smallest absolute Gasteiger partial charge is 0.345 e. The summed E-state index contributed by atoms with van der Waals surface area (Å²) in [5.41, 5.74) is 3.22. The van der Waals surface area contributed by atoms with Crippen LogP contribution in [0.15, 0.2) is 60.2 Å². The molecule has 1 fully saturated rings. The van der Waals surface area contributed by atoms with Gasteiger partial charge in [-0.2, -0.15) is 13.2 Å². The Bertz CT molecular complexity index is 1220. The Kier molecular flexibility index (Phi) is 5.64. The van der Waals surface area contributed by atoms with E-state index in [4.69, 9.17) is 0 Å². The van der Waals surface area contributed by atoms with E-state index in [0.29, 0.717) is 17.9 Å². The maximum Gasteiger partial charge on any atom is 0.425 e. The SMILES string of the molecule is Fc1ccccc1-c1csc(C(F)(F)F)c1.O=C1NCCN1c1ccc2nc[nH]c2c1. The molecule has 4 aromatic rings. The number of halogens is 4. The zero-order valence-electron chi connectivity index (χ0n) is 15.9. The number of carbonyl (C=O) groups excluding carboxylic acids is 1. The molecule has 2 N–H and O–H groups in total. The minimum Gasteiger partial charge on any atom is -0.345 e. The van der Waals surface area contributed by atoms with Crippen LogP contribution in [0.25, 0.3) is 22.2 Å². The average molecular weight is 448 g/mol. The number of aromatic nitrogens is 2. The second-order valence-corrected chi connectivity index (χ2v) is 7.58. The highest BCUT2D eigenvalue weighted by Gasteiger charge is 2.32. The van der Waals surface area contributed by atoms with Crippen LogP contribution in [0.2, 0.25) is 0 Å². The highest BCUT2D eigenvalue weighted by Crippen LogP contribution is 2.37. The van der Waals surface area contributed by atoms with Gasteiger partial charge in [0, 0.05) is 24.3 Å². The second-order valence-electron chi connectivity index (χ2n) is 6.66. The third-order valence-corrected chi connectivity index (χ3v) is 5.61. The minimum atomic E-state index is -4.37. The number of aromatic amines is 1. The lowest BCUT2D eigenvalue weighted by Gasteiger charge is -2.13. The highest BCUT2D eigenvalue weighted by atomic mass is 32.1. The van der Waals surface area contributed by atoms with Gasteiger partial charge in [-0.25, -0.2) is 14.2 Å². The summed E-state index contributed by atoms with van der Waals surface area (Å²) >= 11 is 0.568. The van der Waals surface area contributed by atoms with Gasteiger partial charge in [-0.15, -0.1) is 11.3 Å². The van der Waals surface area contributed by atoms with Crippen molar-refractivity contribution in [1.82, 2.24) is 15.3 Å². The largest absolute Gasteiger partial charge is 0.425 e. The van der Waals surface area contributed by atoms with Crippen molar-refractivity contribution in [1.29, 1.82) is 0 Å². The van der Waals surface area contributed by atoms with E-state index in [9.17, 15) is 22.4 Å². The Morgan fingerprint density at radius 1 is 1.10 bits per heavy atom. The van der Waals surface area contributed by atoms with Gasteiger partial charge in [0.1, 0.15) is 10.7 Å². The molecule has 5 nitrogen and oxygen atoms in total. The summed E-state index contributed by atoms with van der Waals surface area (Å²) < 4.78 is 50.3. The van der Waals surface area contributed by atoms with Crippen LogP contribution >= 0.6 is 11.3 Å². The van der Waals surface area contributed by atoms with Crippen LogP contribution in [0, 0.1) is 5.82 Å². The standard InChI is InChI=1S/C11H6F4S.C10H10N4O/c12-9-4-2-1-3-8(9)7-5-10(16-6-7)11(13,14)15;15-10-11-3-4-14(10)7-1-2-8-9(5-7)13-6-12-8/h1-6H;1-2,5-6H,3-4H2,(H,11,15)(H,12,13). The number of imidazole rings is 1. The lowest BCUT2D eigenvalue weighted by atomic mass is 10.1. The van der Waals surface area contributed by atoms with Crippen molar-refractivity contribution in [2.75, 3.05) is 18.0 Å². The van der Waals surface area contributed by atoms with Gasteiger partial charge in [-0.3, -0.25) is 4.90 Å². The van der Waals surface area contributed by atoms with Crippen molar-refractivity contribution in [2.24, 2.45) is 0 Å². The number of alkyl halides is 3. The number of rotatable bonds is 2. The molecule has 0 spiro atoms. The second kappa shape index (κ2) is 8.38. The number of hydrogen-bond donors (Lipinski definition) is 2. The Morgan fingerprint density at radius 2 is 1.90 bits per heavy atom. The molecule has 2 aromatic heterocycles. The molecule has 1 aliphatic heterocycles. The fourth-order valence-corrected chi connectivity index (χ4v) is 3.91. The quantitative estimate of drug-likeness (QED) is 0.389. The molecular weight excluding hydrogens is 432 g/mol. The number of nitrogens with zero attached hydrogens (tertiary/aromatic N) is 2. The van der Waals surface area contributed by atoms with Crippen LogP contribution < -0.4 is 10.2 Å². The molecule has 1 saturated heterocycles. The Labute approximate surface area is 178 Å². The number of benzene rings is 2. The molecular formula is C21H16F4N4OS. The predicted molar refractivity (Wildman–Crippen MR) is 112 cm³/mol. The van der Waals surface area contributed by atoms with Crippen molar-refractivity contribution in [2.45, 2.75) is 6.18 Å². The first-order valence-electron chi connectivity index (χ1n) is 9.22. The summed E-state index contributed by atoms with van der Waals surface area (Å²) in [6, 6.07) is 12.4. The molecule has 0 atom stereocenters. The Hall–Kier alpha value is -3.40. The van der Waals surface area contributed by atoms with E-state index in [1.807, 2.05) is 18.2 Å². The zero-order valence-corrected chi connectivity index (χ0v) is 16.7. The third-order valence-electron chi connectivity index (χ3n) is 4.64. The molecule has 10 heteroatoms. The van der Waals surface area contributed by atoms with Crippen LogP contribution in [0.1, 0.15) is 4.88 Å². The summed E-state index contributed by atoms with van der Waals surface area (Å²) in [5.74, 6) is -0.519. The Balaban J connectivity index is 0.000000149. The van der Waals surface area contributed by atoms with Gasteiger partial charge in [0.25, 0.3) is 0 Å². The van der Waals surface area contributed by atoms with Crippen molar-refractivity contribution in [3.63, 3.8) is 0 Å². The number of H-pyrrole nitrogens is 1. The van der Waals surface area contributed by atoms with Crippen LogP contribution in [0.3, 0.4) is 0 Å². The minimum absolute atomic E-state index is 0.0335. The normalized spacial score (nSPS) is 13.8. The third kappa shape index (κ3) is 4.53. The van der Waals surface area contributed by atoms with Crippen LogP contribution in [-0.4, -0.2) is 29.1 Å². The molecule has 0 aliphatic carbocycles. The summed E-state index contributed by atoms with van der Waals surface area (Å²) in [5, 5.41) is 4.08. The van der Waals surface area contributed by atoms with Gasteiger partial charge < -0.3 is 10.3 Å². The molecule has 2 aromatic carbocycles. The molecule has 160 valence electrons. The van der Waals surface area contributed by atoms with E-state index in [1.165, 1.54) is 23.6 Å². The van der Waals surface area contributed by atoms with E-state index < -0.39 is 16.9 Å². The number of anilines is 1. The number of thiophene rings is 1. The van der Waals surface area contributed by atoms with Crippen LogP contribution in [0.4, 0.5) is 28.0 Å². The molecule has 2 amide bonds. The zero-order chi connectivity index (χ0) is 22.0. The molecule has 3 heterocycles. The number of urea groups is 1. The molecule has 31 heavy (non-hydrogen) atoms. The van der Waals surface area contributed by atoms with E-state index in [0.717, 1.165) is 29.3 Å². The summed E-state index contributed by atoms with van der Waals surface area (Å²) in [6.07, 6.45) is -2.72. The van der Waals surface area contributed by atoms with Crippen LogP contribution in [0.5, 0.6) is 0 Å². The van der Waals surface area contributed by atoms with Crippen molar-refractivity contribution < 1.29 is 22.4 Å². The predicted octanol–water partition coefficient (Wildman–Crippen LogP) is 5.67. The maximum absolute atomic E-state index is 13.3.